The van der Waals surface area contributed by atoms with Crippen LogP contribution in [-0.4, -0.2) is 45.7 Å². The number of hydrogen-bond donors (Lipinski definition) is 0. The molecule has 0 aliphatic carbocycles. The Bertz CT molecular complexity index is 637. The zero-order chi connectivity index (χ0) is 14.1. The van der Waals surface area contributed by atoms with Crippen molar-refractivity contribution >= 4 is 11.6 Å². The number of rotatable bonds is 3. The highest BCUT2D eigenvalue weighted by molar-refractivity contribution is 5.95. The molecular weight excluding hydrogens is 256 g/mol. The van der Waals surface area contributed by atoms with Crippen LogP contribution in [0.1, 0.15) is 42.0 Å². The molecule has 6 heteroatoms. The molecule has 2 aromatic heterocycles. The summed E-state index contributed by atoms with van der Waals surface area (Å²) in [7, 11) is 1.37. The molecule has 1 atom stereocenters. The molecule has 1 fully saturated rings. The van der Waals surface area contributed by atoms with Gasteiger partial charge in [-0.1, -0.05) is 6.92 Å². The summed E-state index contributed by atoms with van der Waals surface area (Å²) >= 11 is 0. The molecule has 0 spiro atoms. The van der Waals surface area contributed by atoms with E-state index < -0.39 is 0 Å². The Labute approximate surface area is 117 Å². The molecule has 0 saturated carbocycles. The highest BCUT2D eigenvalue weighted by atomic mass is 16.5. The van der Waals surface area contributed by atoms with E-state index in [9.17, 15) is 4.79 Å². The number of methoxy groups -OCH3 is 1. The molecule has 1 saturated heterocycles. The summed E-state index contributed by atoms with van der Waals surface area (Å²) < 4.78 is 6.45. The van der Waals surface area contributed by atoms with Crippen molar-refractivity contribution < 1.29 is 9.53 Å². The van der Waals surface area contributed by atoms with Crippen molar-refractivity contribution in [3.63, 3.8) is 0 Å². The minimum absolute atomic E-state index is 0.255. The van der Waals surface area contributed by atoms with E-state index >= 15 is 0 Å². The van der Waals surface area contributed by atoms with Crippen LogP contribution in [0.4, 0.5) is 0 Å². The summed E-state index contributed by atoms with van der Waals surface area (Å²) in [5.41, 5.74) is 1.02. The lowest BCUT2D eigenvalue weighted by Gasteiger charge is -2.19. The number of aromatic nitrogens is 3. The Kier molecular flexibility index (Phi) is 3.40. The first-order valence-corrected chi connectivity index (χ1v) is 6.92. The third-order valence-corrected chi connectivity index (χ3v) is 3.85. The molecule has 3 rings (SSSR count). The lowest BCUT2D eigenvalue weighted by Crippen LogP contribution is -2.23. The maximum absolute atomic E-state index is 11.8. The van der Waals surface area contributed by atoms with Crippen LogP contribution in [0.15, 0.2) is 18.3 Å². The summed E-state index contributed by atoms with van der Waals surface area (Å²) in [5, 5.41) is 4.53. The van der Waals surface area contributed by atoms with Gasteiger partial charge in [0, 0.05) is 6.20 Å². The molecule has 3 heterocycles. The minimum Gasteiger partial charge on any atom is -0.465 e. The molecule has 1 aliphatic heterocycles. The largest absolute Gasteiger partial charge is 0.465 e. The standard InChI is InChI=1S/C14H18N4O2/c1-3-17-8-5-7-11(17)12-15-13-10(14(19)20-2)6-4-9-18(13)16-12/h4,6,9,11H,3,5,7-8H2,1-2H3. The van der Waals surface area contributed by atoms with E-state index in [1.807, 2.05) is 6.20 Å². The summed E-state index contributed by atoms with van der Waals surface area (Å²) in [6, 6.07) is 3.75. The van der Waals surface area contributed by atoms with Crippen LogP contribution in [0.25, 0.3) is 5.65 Å². The third-order valence-electron chi connectivity index (χ3n) is 3.85. The maximum Gasteiger partial charge on any atom is 0.341 e. The average molecular weight is 274 g/mol. The van der Waals surface area contributed by atoms with Crippen LogP contribution in [0.3, 0.4) is 0 Å². The highest BCUT2D eigenvalue weighted by Crippen LogP contribution is 2.29. The van der Waals surface area contributed by atoms with Crippen LogP contribution in [0.2, 0.25) is 0 Å². The molecule has 20 heavy (non-hydrogen) atoms. The first-order chi connectivity index (χ1) is 9.74. The van der Waals surface area contributed by atoms with E-state index in [4.69, 9.17) is 4.74 Å². The Hall–Kier alpha value is -1.95. The lowest BCUT2D eigenvalue weighted by molar-refractivity contribution is 0.0602. The second kappa shape index (κ2) is 5.20. The number of nitrogens with zero attached hydrogens (tertiary/aromatic N) is 4. The number of esters is 1. The van der Waals surface area contributed by atoms with Crippen LogP contribution in [-0.2, 0) is 4.74 Å². The van der Waals surface area contributed by atoms with Crippen LogP contribution in [0.5, 0.6) is 0 Å². The Morgan fingerprint density at radius 1 is 1.55 bits per heavy atom. The molecule has 1 aliphatic rings. The van der Waals surface area contributed by atoms with Crippen LogP contribution < -0.4 is 0 Å². The predicted octanol–water partition coefficient (Wildman–Crippen LogP) is 1.67. The smallest absolute Gasteiger partial charge is 0.341 e. The van der Waals surface area contributed by atoms with E-state index in [1.54, 1.807) is 16.6 Å². The summed E-state index contributed by atoms with van der Waals surface area (Å²) in [6.45, 7) is 4.22. The van der Waals surface area contributed by atoms with Gasteiger partial charge in [-0.3, -0.25) is 4.90 Å². The van der Waals surface area contributed by atoms with Crippen molar-refractivity contribution in [3.05, 3.63) is 29.7 Å². The molecule has 6 nitrogen and oxygen atoms in total. The van der Waals surface area contributed by atoms with Gasteiger partial charge in [0.25, 0.3) is 0 Å². The van der Waals surface area contributed by atoms with Gasteiger partial charge in [-0.25, -0.2) is 14.3 Å². The van der Waals surface area contributed by atoms with Gasteiger partial charge in [0.05, 0.1) is 13.2 Å². The first kappa shape index (κ1) is 13.1. The van der Waals surface area contributed by atoms with E-state index in [1.165, 1.54) is 7.11 Å². The van der Waals surface area contributed by atoms with Crippen molar-refractivity contribution in [1.29, 1.82) is 0 Å². The van der Waals surface area contributed by atoms with Crippen LogP contribution in [0, 0.1) is 0 Å². The van der Waals surface area contributed by atoms with Gasteiger partial charge in [0.15, 0.2) is 11.5 Å². The van der Waals surface area contributed by atoms with Gasteiger partial charge >= 0.3 is 5.97 Å². The predicted molar refractivity (Wildman–Crippen MR) is 73.5 cm³/mol. The minimum atomic E-state index is -0.381. The van der Waals surface area contributed by atoms with Crippen molar-refractivity contribution in [2.24, 2.45) is 0 Å². The Balaban J connectivity index is 2.04. The quantitative estimate of drug-likeness (QED) is 0.797. The third kappa shape index (κ3) is 2.06. The van der Waals surface area contributed by atoms with E-state index in [0.717, 1.165) is 31.8 Å². The van der Waals surface area contributed by atoms with Gasteiger partial charge in [-0.15, -0.1) is 5.10 Å². The Morgan fingerprint density at radius 3 is 3.15 bits per heavy atom. The topological polar surface area (TPSA) is 59.7 Å². The number of ether oxygens (including phenoxy) is 1. The Morgan fingerprint density at radius 2 is 2.40 bits per heavy atom. The van der Waals surface area contributed by atoms with Gasteiger partial charge < -0.3 is 4.74 Å². The fourth-order valence-electron chi connectivity index (χ4n) is 2.83. The van der Waals surface area contributed by atoms with Crippen LogP contribution >= 0.6 is 0 Å². The van der Waals surface area contributed by atoms with Crippen molar-refractivity contribution in [2.45, 2.75) is 25.8 Å². The second-order valence-electron chi connectivity index (χ2n) is 4.94. The fraction of sp³-hybridized carbons (Fsp3) is 0.500. The number of fused-ring (bicyclic) bond motifs is 1. The van der Waals surface area contributed by atoms with Gasteiger partial charge in [-0.05, 0) is 38.1 Å². The van der Waals surface area contributed by atoms with Gasteiger partial charge in [0.2, 0.25) is 0 Å². The molecule has 2 aromatic rings. The molecular formula is C14H18N4O2. The lowest BCUT2D eigenvalue weighted by atomic mass is 10.2. The van der Waals surface area contributed by atoms with Crippen molar-refractivity contribution in [1.82, 2.24) is 19.5 Å². The summed E-state index contributed by atoms with van der Waals surface area (Å²) in [6.07, 6.45) is 4.04. The van der Waals surface area contributed by atoms with E-state index in [0.29, 0.717) is 11.2 Å². The van der Waals surface area contributed by atoms with Crippen molar-refractivity contribution in [3.8, 4) is 0 Å². The molecule has 106 valence electrons. The molecule has 0 radical (unpaired) electrons. The molecule has 0 aromatic carbocycles. The number of pyridine rings is 1. The number of carbonyl (C=O) groups excluding carboxylic acids is 1. The molecule has 0 amide bonds. The van der Waals surface area contributed by atoms with Crippen molar-refractivity contribution in [2.75, 3.05) is 20.2 Å². The second-order valence-corrected chi connectivity index (χ2v) is 4.94. The summed E-state index contributed by atoms with van der Waals surface area (Å²) in [4.78, 5) is 18.7. The molecule has 0 bridgehead atoms. The average Bonchev–Trinajstić information content (AvgIpc) is 3.10. The van der Waals surface area contributed by atoms with E-state index in [-0.39, 0.29) is 12.0 Å². The monoisotopic (exact) mass is 274 g/mol. The van der Waals surface area contributed by atoms with E-state index in [2.05, 4.69) is 21.9 Å². The zero-order valence-corrected chi connectivity index (χ0v) is 11.7. The molecule has 0 N–H and O–H groups in total. The van der Waals surface area contributed by atoms with Gasteiger partial charge in [-0.2, -0.15) is 0 Å². The first-order valence-electron chi connectivity index (χ1n) is 6.92. The summed E-state index contributed by atoms with van der Waals surface area (Å²) in [5.74, 6) is 0.411. The highest BCUT2D eigenvalue weighted by Gasteiger charge is 2.28. The number of likely N-dealkylation sites (tertiary alicyclic amines) is 1. The number of hydrogen-bond acceptors (Lipinski definition) is 5. The maximum atomic E-state index is 11.8. The normalized spacial score (nSPS) is 19.6. The molecule has 1 unspecified atom stereocenters. The SMILES string of the molecule is CCN1CCCC1c1nc2c(C(=O)OC)cccn2n1. The van der Waals surface area contributed by atoms with Gasteiger partial charge in [0.1, 0.15) is 5.56 Å². The zero-order valence-electron chi connectivity index (χ0n) is 11.7. The fourth-order valence-corrected chi connectivity index (χ4v) is 2.83. The number of carbonyl (C=O) groups is 1.